The van der Waals surface area contributed by atoms with Crippen molar-refractivity contribution in [1.29, 1.82) is 0 Å². The van der Waals surface area contributed by atoms with Gasteiger partial charge in [-0.05, 0) is 32.1 Å². The van der Waals surface area contributed by atoms with Gasteiger partial charge in [-0.2, -0.15) is 0 Å². The largest absolute Gasteiger partial charge is 0.381 e. The van der Waals surface area contributed by atoms with Crippen molar-refractivity contribution in [3.63, 3.8) is 0 Å². The number of carbonyl (C=O) groups excluding carboxylic acids is 1. The highest BCUT2D eigenvalue weighted by Crippen LogP contribution is 2.46. The fourth-order valence-electron chi connectivity index (χ4n) is 3.77. The van der Waals surface area contributed by atoms with E-state index in [1.165, 1.54) is 0 Å². The first-order chi connectivity index (χ1) is 12.1. The van der Waals surface area contributed by atoms with Crippen molar-refractivity contribution in [3.8, 4) is 0 Å². The van der Waals surface area contributed by atoms with Gasteiger partial charge in [0.25, 0.3) is 5.91 Å². The molecule has 0 aliphatic carbocycles. The zero-order valence-corrected chi connectivity index (χ0v) is 15.5. The molecule has 0 unspecified atom stereocenters. The maximum absolute atomic E-state index is 12.5. The van der Waals surface area contributed by atoms with Crippen LogP contribution < -0.4 is 0 Å². The van der Waals surface area contributed by atoms with Crippen LogP contribution in [0.25, 0.3) is 0 Å². The summed E-state index contributed by atoms with van der Waals surface area (Å²) >= 11 is 1.97. The summed E-state index contributed by atoms with van der Waals surface area (Å²) in [5.41, 5.74) is 1.27. The van der Waals surface area contributed by atoms with E-state index in [0.29, 0.717) is 17.7 Å². The molecule has 1 aromatic rings. The van der Waals surface area contributed by atoms with Gasteiger partial charge < -0.3 is 14.4 Å². The van der Waals surface area contributed by atoms with Crippen LogP contribution in [0, 0.1) is 12.8 Å². The van der Waals surface area contributed by atoms with E-state index in [4.69, 9.17) is 9.47 Å². The van der Waals surface area contributed by atoms with Crippen molar-refractivity contribution in [2.24, 2.45) is 5.92 Å². The van der Waals surface area contributed by atoms with E-state index in [1.807, 2.05) is 23.6 Å². The SMILES string of the molecule is Cc1cnc(C(=O)N2CC3(C[C@@H](OCC4CCOCC4)CS3)C2)cn1. The average Bonchev–Trinajstić information content (AvgIpc) is 3.04. The van der Waals surface area contributed by atoms with Crippen LogP contribution in [-0.2, 0) is 9.47 Å². The highest BCUT2D eigenvalue weighted by molar-refractivity contribution is 8.01. The lowest BCUT2D eigenvalue weighted by Gasteiger charge is -2.47. The van der Waals surface area contributed by atoms with Gasteiger partial charge in [0.1, 0.15) is 5.69 Å². The predicted molar refractivity (Wildman–Crippen MR) is 95.8 cm³/mol. The smallest absolute Gasteiger partial charge is 0.274 e. The number of aryl methyl sites for hydroxylation is 1. The maximum Gasteiger partial charge on any atom is 0.274 e. The van der Waals surface area contributed by atoms with Crippen molar-refractivity contribution >= 4 is 17.7 Å². The number of carbonyl (C=O) groups is 1. The van der Waals surface area contributed by atoms with Crippen LogP contribution in [0.1, 0.15) is 35.4 Å². The molecule has 6 nitrogen and oxygen atoms in total. The van der Waals surface area contributed by atoms with Gasteiger partial charge in [-0.25, -0.2) is 4.98 Å². The number of amides is 1. The molecule has 3 saturated heterocycles. The summed E-state index contributed by atoms with van der Waals surface area (Å²) in [6.07, 6.45) is 6.82. The molecular weight excluding hydrogens is 338 g/mol. The Bertz CT molecular complexity index is 612. The van der Waals surface area contributed by atoms with E-state index in [0.717, 1.165) is 63.6 Å². The minimum atomic E-state index is -0.00898. The van der Waals surface area contributed by atoms with Crippen molar-refractivity contribution in [1.82, 2.24) is 14.9 Å². The fraction of sp³-hybridized carbons (Fsp3) is 0.722. The molecule has 0 N–H and O–H groups in total. The topological polar surface area (TPSA) is 64.6 Å². The standard InChI is InChI=1S/C18H25N3O3S/c1-13-7-20-16(8-19-13)17(22)21-11-18(12-21)6-15(10-25-18)24-9-14-2-4-23-5-3-14/h7-8,14-15H,2-6,9-12H2,1H3/t15-/m1/s1. The summed E-state index contributed by atoms with van der Waals surface area (Å²) in [7, 11) is 0. The van der Waals surface area contributed by atoms with Gasteiger partial charge in [0.05, 0.1) is 22.7 Å². The van der Waals surface area contributed by atoms with Crippen LogP contribution >= 0.6 is 11.8 Å². The molecular formula is C18H25N3O3S. The molecule has 0 bridgehead atoms. The summed E-state index contributed by atoms with van der Waals surface area (Å²) in [4.78, 5) is 22.7. The highest BCUT2D eigenvalue weighted by Gasteiger charge is 2.51. The average molecular weight is 363 g/mol. The number of thioether (sulfide) groups is 1. The van der Waals surface area contributed by atoms with E-state index < -0.39 is 0 Å². The zero-order chi connectivity index (χ0) is 17.3. The second-order valence-corrected chi connectivity index (χ2v) is 8.90. The Morgan fingerprint density at radius 1 is 1.36 bits per heavy atom. The van der Waals surface area contributed by atoms with Gasteiger partial charge in [-0.15, -0.1) is 11.8 Å². The number of nitrogens with zero attached hydrogens (tertiary/aromatic N) is 3. The molecule has 3 aliphatic heterocycles. The number of ether oxygens (including phenoxy) is 2. The molecule has 3 aliphatic rings. The lowest BCUT2D eigenvalue weighted by molar-refractivity contribution is -0.0119. The van der Waals surface area contributed by atoms with Gasteiger partial charge in [0.15, 0.2) is 0 Å². The summed E-state index contributed by atoms with van der Waals surface area (Å²) in [5.74, 6) is 1.68. The predicted octanol–water partition coefficient (Wildman–Crippen LogP) is 1.93. The van der Waals surface area contributed by atoms with Crippen LogP contribution in [-0.4, -0.2) is 70.3 Å². The normalized spacial score (nSPS) is 26.0. The van der Waals surface area contributed by atoms with E-state index in [2.05, 4.69) is 9.97 Å². The monoisotopic (exact) mass is 363 g/mol. The van der Waals surface area contributed by atoms with Crippen molar-refractivity contribution in [2.45, 2.75) is 37.0 Å². The van der Waals surface area contributed by atoms with Crippen molar-refractivity contribution in [3.05, 3.63) is 23.8 Å². The van der Waals surface area contributed by atoms with E-state index in [1.54, 1.807) is 12.4 Å². The molecule has 4 rings (SSSR count). The maximum atomic E-state index is 12.5. The van der Waals surface area contributed by atoms with Crippen molar-refractivity contribution < 1.29 is 14.3 Å². The molecule has 0 saturated carbocycles. The summed E-state index contributed by atoms with van der Waals surface area (Å²) in [6.45, 7) is 6.06. The van der Waals surface area contributed by atoms with E-state index in [-0.39, 0.29) is 10.7 Å². The third-order valence-corrected chi connectivity index (χ3v) is 6.90. The summed E-state index contributed by atoms with van der Waals surface area (Å²) < 4.78 is 11.8. The lowest BCUT2D eigenvalue weighted by Crippen LogP contribution is -2.60. The van der Waals surface area contributed by atoms with E-state index >= 15 is 0 Å². The van der Waals surface area contributed by atoms with Crippen LogP contribution in [0.2, 0.25) is 0 Å². The van der Waals surface area contributed by atoms with Gasteiger partial charge >= 0.3 is 0 Å². The first kappa shape index (κ1) is 17.2. The number of likely N-dealkylation sites (tertiary alicyclic amines) is 1. The molecule has 3 fully saturated rings. The Morgan fingerprint density at radius 3 is 2.88 bits per heavy atom. The molecule has 136 valence electrons. The second kappa shape index (κ2) is 7.21. The number of hydrogen-bond acceptors (Lipinski definition) is 6. The Kier molecular flexibility index (Phi) is 4.97. The summed E-state index contributed by atoms with van der Waals surface area (Å²) in [6, 6.07) is 0. The third kappa shape index (κ3) is 3.83. The Labute approximate surface area is 152 Å². The Hall–Kier alpha value is -1.18. The molecule has 1 amide bonds. The van der Waals surface area contributed by atoms with Gasteiger partial charge in [-0.1, -0.05) is 0 Å². The van der Waals surface area contributed by atoms with Gasteiger partial charge in [0.2, 0.25) is 0 Å². The number of hydrogen-bond donors (Lipinski definition) is 0. The second-order valence-electron chi connectivity index (χ2n) is 7.41. The molecule has 0 radical (unpaired) electrons. The summed E-state index contributed by atoms with van der Waals surface area (Å²) in [5, 5.41) is 0. The molecule has 25 heavy (non-hydrogen) atoms. The quantitative estimate of drug-likeness (QED) is 0.814. The highest BCUT2D eigenvalue weighted by atomic mass is 32.2. The minimum absolute atomic E-state index is 0.00898. The van der Waals surface area contributed by atoms with Crippen LogP contribution in [0.3, 0.4) is 0 Å². The van der Waals surface area contributed by atoms with E-state index in [9.17, 15) is 4.79 Å². The Balaban J connectivity index is 1.24. The third-order valence-electron chi connectivity index (χ3n) is 5.33. The Morgan fingerprint density at radius 2 is 2.16 bits per heavy atom. The van der Waals surface area contributed by atoms with Gasteiger partial charge in [-0.3, -0.25) is 9.78 Å². The molecule has 1 aromatic heterocycles. The molecule has 7 heteroatoms. The number of rotatable bonds is 4. The zero-order valence-electron chi connectivity index (χ0n) is 14.6. The fourth-order valence-corrected chi connectivity index (χ4v) is 5.32. The molecule has 0 aromatic carbocycles. The molecule has 4 heterocycles. The first-order valence-electron chi connectivity index (χ1n) is 9.05. The van der Waals surface area contributed by atoms with Crippen LogP contribution in [0.4, 0.5) is 0 Å². The van der Waals surface area contributed by atoms with Crippen molar-refractivity contribution in [2.75, 3.05) is 38.7 Å². The van der Waals surface area contributed by atoms with Gasteiger partial charge in [0, 0.05) is 44.9 Å². The lowest BCUT2D eigenvalue weighted by atomic mass is 9.92. The minimum Gasteiger partial charge on any atom is -0.381 e. The van der Waals surface area contributed by atoms with Crippen LogP contribution in [0.15, 0.2) is 12.4 Å². The number of aromatic nitrogens is 2. The molecule has 1 spiro atoms. The molecule has 1 atom stereocenters. The van der Waals surface area contributed by atoms with Crippen LogP contribution in [0.5, 0.6) is 0 Å². The first-order valence-corrected chi connectivity index (χ1v) is 10.0.